The van der Waals surface area contributed by atoms with Gasteiger partial charge in [-0.05, 0) is 203 Å². The summed E-state index contributed by atoms with van der Waals surface area (Å²) >= 11 is 0. The van der Waals surface area contributed by atoms with Crippen molar-refractivity contribution in [3.63, 3.8) is 0 Å². The van der Waals surface area contributed by atoms with Gasteiger partial charge in [-0.2, -0.15) is 5.26 Å². The summed E-state index contributed by atoms with van der Waals surface area (Å²) in [7, 11) is 0. The zero-order chi connectivity index (χ0) is 67.3. The Kier molecular flexibility index (Phi) is 33.2. The molecule has 0 saturated heterocycles. The van der Waals surface area contributed by atoms with Crippen LogP contribution in [0.3, 0.4) is 0 Å². The first-order chi connectivity index (χ1) is 40.3. The van der Waals surface area contributed by atoms with E-state index in [9.17, 15) is 8.78 Å². The smallest absolute Gasteiger partial charge is 0.124 e. The minimum absolute atomic E-state index is 0.126. The number of benzene rings is 7. The maximum absolute atomic E-state index is 13.1. The number of hydrogen-bond acceptors (Lipinski definition) is 1. The van der Waals surface area contributed by atoms with Gasteiger partial charge < -0.3 is 0 Å². The monoisotopic (exact) mass is 1190 g/mol. The quantitative estimate of drug-likeness (QED) is 0.139. The molecule has 0 aliphatic carbocycles. The zero-order valence-corrected chi connectivity index (χ0v) is 60.0. The molecule has 478 valence electrons. The molecule has 0 unspecified atom stereocenters. The molecule has 0 atom stereocenters. The topological polar surface area (TPSA) is 23.8 Å². The van der Waals surface area contributed by atoms with E-state index in [1.54, 1.807) is 18.2 Å². The number of nitriles is 1. The molecule has 88 heavy (non-hydrogen) atoms. The fourth-order valence-corrected chi connectivity index (χ4v) is 9.80. The summed E-state index contributed by atoms with van der Waals surface area (Å²) < 4.78 is 26.1. The number of hydrogen-bond donors (Lipinski definition) is 0. The van der Waals surface area contributed by atoms with Crippen molar-refractivity contribution in [2.75, 3.05) is 0 Å². The molecule has 7 aromatic rings. The molecule has 0 aliphatic rings. The van der Waals surface area contributed by atoms with Crippen molar-refractivity contribution < 1.29 is 8.78 Å². The fraction of sp³-hybridized carbons (Fsp3) is 0.471. The van der Waals surface area contributed by atoms with Crippen LogP contribution in [0.25, 0.3) is 0 Å². The fourth-order valence-electron chi connectivity index (χ4n) is 9.80. The van der Waals surface area contributed by atoms with E-state index in [0.717, 1.165) is 73.6 Å². The lowest BCUT2D eigenvalue weighted by molar-refractivity contribution is 0.410. The molecule has 0 radical (unpaired) electrons. The Hall–Kier alpha value is -6.55. The summed E-state index contributed by atoms with van der Waals surface area (Å²) in [6.07, 6.45) is 13.8. The van der Waals surface area contributed by atoms with E-state index < -0.39 is 0 Å². The van der Waals surface area contributed by atoms with Gasteiger partial charge in [0, 0.05) is 5.56 Å². The molecule has 0 aromatic heterocycles. The highest BCUT2D eigenvalue weighted by molar-refractivity contribution is 5.37. The van der Waals surface area contributed by atoms with Crippen LogP contribution in [0.1, 0.15) is 225 Å². The van der Waals surface area contributed by atoms with Crippen molar-refractivity contribution >= 4 is 0 Å². The van der Waals surface area contributed by atoms with Crippen LogP contribution in [0.5, 0.6) is 0 Å². The second kappa shape index (κ2) is 36.8. The highest BCUT2D eigenvalue weighted by atomic mass is 19.1. The molecule has 1 nitrogen and oxygen atoms in total. The molecule has 0 heterocycles. The Balaban J connectivity index is 0.000000514. The van der Waals surface area contributed by atoms with Gasteiger partial charge in [-0.15, -0.1) is 6.42 Å². The van der Waals surface area contributed by atoms with Crippen LogP contribution in [-0.2, 0) is 51.4 Å². The average Bonchev–Trinajstić information content (AvgIpc) is 3.55. The first-order valence-corrected chi connectivity index (χ1v) is 32.1. The third-order valence-electron chi connectivity index (χ3n) is 12.9. The van der Waals surface area contributed by atoms with Crippen LogP contribution >= 0.6 is 0 Å². The maximum atomic E-state index is 13.1. The minimum Gasteiger partial charge on any atom is -0.207 e. The van der Waals surface area contributed by atoms with Gasteiger partial charge in [0.1, 0.15) is 11.6 Å². The van der Waals surface area contributed by atoms with Gasteiger partial charge in [0.05, 0.1) is 11.6 Å². The summed E-state index contributed by atoms with van der Waals surface area (Å²) in [5, 5.41) is 8.71. The molecule has 0 spiro atoms. The Morgan fingerprint density at radius 3 is 1.01 bits per heavy atom. The standard InChI is InChI=1S/C13H15F.C13H20.C12H17F.C12H15N.2C12H18.C11H16/c1-5-10-6-11(8-12(14)7-10)9-13(2,3)4;1-5-11-6-8-12(9-7-11)10-13(2,3)4;1-9-5-10(7-11(13)6-9)8-12(2,3)4;1-12(2,3)8-10-5-4-6-11(7-10)9-13;1-10-5-7-11(8-6-10)9-12(2,3)4;1-10-6-5-7-11(8-10)9-12(2,3)4;1-11(2,3)9-10-7-5-4-6-8-10/h1,6-8H,9H2,2-4H3;6-9H,5,10H2,1-4H3;5-7H,8H2,1-4H3;4-7H,8H2,1-3H3;2*5-8H,9H2,1-4H3;4-8H,9H2,1-3H3. The van der Waals surface area contributed by atoms with Crippen molar-refractivity contribution in [3.8, 4) is 18.4 Å². The third-order valence-corrected chi connectivity index (χ3v) is 12.9. The summed E-state index contributed by atoms with van der Waals surface area (Å²) in [6.45, 7) is 55.1. The van der Waals surface area contributed by atoms with Gasteiger partial charge in [-0.1, -0.05) is 291 Å². The average molecular weight is 1190 g/mol. The van der Waals surface area contributed by atoms with Gasteiger partial charge in [-0.3, -0.25) is 0 Å². The van der Waals surface area contributed by atoms with Crippen molar-refractivity contribution in [3.05, 3.63) is 248 Å². The molecule has 0 bridgehead atoms. The molecule has 0 amide bonds. The zero-order valence-electron chi connectivity index (χ0n) is 60.0. The molecule has 0 N–H and O–H groups in total. The number of nitrogens with zero attached hydrogens (tertiary/aromatic N) is 1. The normalized spacial score (nSPS) is 11.5. The van der Waals surface area contributed by atoms with Crippen LogP contribution in [0.2, 0.25) is 0 Å². The van der Waals surface area contributed by atoms with Crippen LogP contribution < -0.4 is 0 Å². The number of terminal acetylenes is 1. The minimum atomic E-state index is -0.250. The van der Waals surface area contributed by atoms with Crippen molar-refractivity contribution in [1.82, 2.24) is 0 Å². The second-order valence-electron chi connectivity index (χ2n) is 32.7. The Morgan fingerprint density at radius 2 is 0.625 bits per heavy atom. The van der Waals surface area contributed by atoms with E-state index in [0.29, 0.717) is 27.2 Å². The highest BCUT2D eigenvalue weighted by Crippen LogP contribution is 2.26. The largest absolute Gasteiger partial charge is 0.207 e. The first-order valence-electron chi connectivity index (χ1n) is 32.1. The molecule has 7 aromatic carbocycles. The first kappa shape index (κ1) is 79.5. The summed E-state index contributed by atoms with van der Waals surface area (Å²) in [6, 6.07) is 57.2. The molecule has 3 heteroatoms. The van der Waals surface area contributed by atoms with Crippen LogP contribution in [0.15, 0.2) is 164 Å². The van der Waals surface area contributed by atoms with E-state index in [1.807, 2.05) is 37.3 Å². The van der Waals surface area contributed by atoms with E-state index in [-0.39, 0.29) is 27.9 Å². The predicted octanol–water partition coefficient (Wildman–Crippen LogP) is 24.5. The van der Waals surface area contributed by atoms with E-state index in [2.05, 4.69) is 287 Å². The van der Waals surface area contributed by atoms with Crippen molar-refractivity contribution in [2.24, 2.45) is 37.9 Å². The second-order valence-corrected chi connectivity index (χ2v) is 32.7. The lowest BCUT2D eigenvalue weighted by atomic mass is 9.87. The Morgan fingerprint density at radius 1 is 0.307 bits per heavy atom. The molecule has 7 rings (SSSR count). The Bertz CT molecular complexity index is 3130. The number of rotatable bonds is 8. The van der Waals surface area contributed by atoms with E-state index >= 15 is 0 Å². The van der Waals surface area contributed by atoms with E-state index in [4.69, 9.17) is 11.7 Å². The van der Waals surface area contributed by atoms with Gasteiger partial charge >= 0.3 is 0 Å². The molecule has 0 saturated carbocycles. The highest BCUT2D eigenvalue weighted by Gasteiger charge is 2.16. The van der Waals surface area contributed by atoms with Crippen molar-refractivity contribution in [2.45, 2.75) is 224 Å². The third kappa shape index (κ3) is 43.2. The van der Waals surface area contributed by atoms with E-state index in [1.165, 1.54) is 50.6 Å². The maximum Gasteiger partial charge on any atom is 0.124 e. The van der Waals surface area contributed by atoms with Crippen molar-refractivity contribution in [1.29, 1.82) is 5.26 Å². The van der Waals surface area contributed by atoms with Crippen LogP contribution in [0.4, 0.5) is 8.78 Å². The molecule has 0 aliphatic heterocycles. The number of aryl methyl sites for hydroxylation is 4. The summed E-state index contributed by atoms with van der Waals surface area (Å²) in [5.41, 5.74) is 17.8. The number of halogens is 2. The lowest BCUT2D eigenvalue weighted by Gasteiger charge is -2.18. The van der Waals surface area contributed by atoms with Gasteiger partial charge in [0.15, 0.2) is 0 Å². The SMILES string of the molecule is C#Cc1cc(F)cc(CC(C)(C)C)c1.CC(C)(C)Cc1cccc(C#N)c1.CC(C)(C)Cc1ccccc1.CCc1ccc(CC(C)(C)C)cc1.Cc1cc(F)cc(CC(C)(C)C)c1.Cc1ccc(CC(C)(C)C)cc1.Cc1cccc(CC(C)(C)C)c1. The molecule has 0 fully saturated rings. The van der Waals surface area contributed by atoms with Gasteiger partial charge in [-0.25, -0.2) is 8.78 Å². The Labute approximate surface area is 539 Å². The van der Waals surface area contributed by atoms with Gasteiger partial charge in [0.25, 0.3) is 0 Å². The molecular formula is C85H119F2N. The van der Waals surface area contributed by atoms with Crippen LogP contribution in [-0.4, -0.2) is 0 Å². The lowest BCUT2D eigenvalue weighted by Crippen LogP contribution is -2.09. The van der Waals surface area contributed by atoms with Crippen LogP contribution in [0, 0.1) is 94.0 Å². The van der Waals surface area contributed by atoms with Gasteiger partial charge in [0.2, 0.25) is 0 Å². The predicted molar refractivity (Wildman–Crippen MR) is 383 cm³/mol. The summed E-state index contributed by atoms with van der Waals surface area (Å²) in [5.74, 6) is 2.08. The summed E-state index contributed by atoms with van der Waals surface area (Å²) in [4.78, 5) is 0. The molecular weight excluding hydrogens is 1070 g/mol.